The van der Waals surface area contributed by atoms with Gasteiger partial charge in [-0.15, -0.1) is 0 Å². The molecule has 0 N–H and O–H groups in total. The average molecular weight is 471 g/mol. The number of ether oxygens (including phenoxy) is 1. The number of hydrogen-bond acceptors (Lipinski definition) is 5. The molecule has 0 saturated heterocycles. The van der Waals surface area contributed by atoms with Crippen LogP contribution in [0.5, 0.6) is 11.5 Å². The molecule has 0 amide bonds. The van der Waals surface area contributed by atoms with Crippen LogP contribution in [0.3, 0.4) is 0 Å². The lowest BCUT2D eigenvalue weighted by atomic mass is 9.97. The van der Waals surface area contributed by atoms with Gasteiger partial charge in [-0.1, -0.05) is 36.8 Å². The van der Waals surface area contributed by atoms with E-state index in [-0.39, 0.29) is 5.56 Å². The number of nitrogens with zero attached hydrogens (tertiary/aromatic N) is 4. The average Bonchev–Trinajstić information content (AvgIpc) is 2.89. The van der Waals surface area contributed by atoms with Crippen molar-refractivity contribution in [3.63, 3.8) is 0 Å². The molecule has 0 spiro atoms. The molecule has 2 heterocycles. The van der Waals surface area contributed by atoms with Crippen molar-refractivity contribution in [2.24, 2.45) is 0 Å². The SMILES string of the molecule is CCc1c(C)nc2n(c1=O)CN(CCC1=CCCCC1)CN2c1ccc(Oc2ccccc2)cc1. The Labute approximate surface area is 207 Å². The van der Waals surface area contributed by atoms with Crippen molar-refractivity contribution in [3.05, 3.63) is 87.9 Å². The topological polar surface area (TPSA) is 50.6 Å². The van der Waals surface area contributed by atoms with Crippen molar-refractivity contribution in [2.75, 3.05) is 18.1 Å². The van der Waals surface area contributed by atoms with Crippen LogP contribution in [0.4, 0.5) is 11.6 Å². The molecule has 1 aliphatic heterocycles. The summed E-state index contributed by atoms with van der Waals surface area (Å²) in [5, 5.41) is 0. The van der Waals surface area contributed by atoms with Gasteiger partial charge in [0.2, 0.25) is 5.95 Å². The fourth-order valence-electron chi connectivity index (χ4n) is 5.03. The number of fused-ring (bicyclic) bond motifs is 1. The number of rotatable bonds is 7. The molecule has 2 aliphatic rings. The lowest BCUT2D eigenvalue weighted by Gasteiger charge is -2.38. The van der Waals surface area contributed by atoms with Gasteiger partial charge in [-0.3, -0.25) is 19.2 Å². The fraction of sp³-hybridized carbons (Fsp3) is 0.379. The molecule has 1 aromatic heterocycles. The van der Waals surface area contributed by atoms with Crippen LogP contribution in [-0.2, 0) is 13.1 Å². The lowest BCUT2D eigenvalue weighted by Crippen LogP contribution is -2.48. The minimum atomic E-state index is 0.0746. The summed E-state index contributed by atoms with van der Waals surface area (Å²) in [6.45, 7) is 6.17. The van der Waals surface area contributed by atoms with Gasteiger partial charge in [0, 0.05) is 23.5 Å². The minimum Gasteiger partial charge on any atom is -0.457 e. The predicted molar refractivity (Wildman–Crippen MR) is 140 cm³/mol. The van der Waals surface area contributed by atoms with Crippen LogP contribution in [0.2, 0.25) is 0 Å². The molecule has 0 bridgehead atoms. The molecule has 6 nitrogen and oxygen atoms in total. The summed E-state index contributed by atoms with van der Waals surface area (Å²) in [5.41, 5.74) is 4.25. The monoisotopic (exact) mass is 470 g/mol. The summed E-state index contributed by atoms with van der Waals surface area (Å²) in [5.74, 6) is 2.30. The van der Waals surface area contributed by atoms with Gasteiger partial charge in [0.25, 0.3) is 5.56 Å². The molecular formula is C29H34N4O2. The largest absolute Gasteiger partial charge is 0.457 e. The number of anilines is 2. The van der Waals surface area contributed by atoms with Gasteiger partial charge in [-0.25, -0.2) is 4.98 Å². The van der Waals surface area contributed by atoms with Crippen molar-refractivity contribution >= 4 is 11.6 Å². The van der Waals surface area contributed by atoms with Crippen molar-refractivity contribution in [3.8, 4) is 11.5 Å². The van der Waals surface area contributed by atoms with Crippen LogP contribution in [0.15, 0.2) is 71.0 Å². The molecule has 0 atom stereocenters. The highest BCUT2D eigenvalue weighted by Gasteiger charge is 2.27. The van der Waals surface area contributed by atoms with Crippen molar-refractivity contribution in [1.29, 1.82) is 0 Å². The first-order valence-electron chi connectivity index (χ1n) is 12.7. The van der Waals surface area contributed by atoms with E-state index in [2.05, 4.69) is 15.9 Å². The standard InChI is InChI=1S/C29H34N4O2/c1-3-27-22(2)30-29-32(24-14-16-26(17-15-24)35-25-12-8-5-9-13-25)20-31(21-33(29)28(27)34)19-18-23-10-6-4-7-11-23/h5,8-10,12-17H,3-4,6-7,11,18-21H2,1-2H3. The van der Waals surface area contributed by atoms with Crippen LogP contribution >= 0.6 is 0 Å². The van der Waals surface area contributed by atoms with E-state index in [9.17, 15) is 4.79 Å². The fourth-order valence-corrected chi connectivity index (χ4v) is 5.03. The highest BCUT2D eigenvalue weighted by molar-refractivity contribution is 5.59. The summed E-state index contributed by atoms with van der Waals surface area (Å²) < 4.78 is 7.83. The van der Waals surface area contributed by atoms with Crippen LogP contribution in [0.25, 0.3) is 0 Å². The van der Waals surface area contributed by atoms with E-state index in [0.717, 1.165) is 47.4 Å². The lowest BCUT2D eigenvalue weighted by molar-refractivity contribution is 0.199. The third-order valence-electron chi connectivity index (χ3n) is 6.99. The third-order valence-corrected chi connectivity index (χ3v) is 6.99. The molecule has 6 heteroatoms. The molecule has 3 aromatic rings. The van der Waals surface area contributed by atoms with Gasteiger partial charge in [0.15, 0.2) is 0 Å². The van der Waals surface area contributed by atoms with Crippen LogP contribution in [0, 0.1) is 6.92 Å². The molecule has 0 saturated carbocycles. The number of benzene rings is 2. The Morgan fingerprint density at radius 1 is 0.971 bits per heavy atom. The van der Waals surface area contributed by atoms with E-state index in [1.54, 1.807) is 5.57 Å². The summed E-state index contributed by atoms with van der Waals surface area (Å²) >= 11 is 0. The first-order valence-corrected chi connectivity index (χ1v) is 12.7. The highest BCUT2D eigenvalue weighted by Crippen LogP contribution is 2.31. The second-order valence-corrected chi connectivity index (χ2v) is 9.43. The Bertz CT molecular complexity index is 1250. The maximum atomic E-state index is 13.4. The normalized spacial score (nSPS) is 16.1. The second kappa shape index (κ2) is 10.5. The Balaban J connectivity index is 1.43. The molecule has 5 rings (SSSR count). The zero-order chi connectivity index (χ0) is 24.2. The molecule has 0 fully saturated rings. The predicted octanol–water partition coefficient (Wildman–Crippen LogP) is 6.17. The molecule has 0 unspecified atom stereocenters. The minimum absolute atomic E-state index is 0.0746. The van der Waals surface area contributed by atoms with E-state index >= 15 is 0 Å². The molecule has 1 aliphatic carbocycles. The summed E-state index contributed by atoms with van der Waals surface area (Å²) in [7, 11) is 0. The van der Waals surface area contributed by atoms with Gasteiger partial charge in [0.05, 0.1) is 13.3 Å². The van der Waals surface area contributed by atoms with E-state index in [4.69, 9.17) is 9.72 Å². The highest BCUT2D eigenvalue weighted by atomic mass is 16.5. The Kier molecular flexibility index (Phi) is 7.00. The number of aryl methyl sites for hydroxylation is 1. The smallest absolute Gasteiger partial charge is 0.259 e. The zero-order valence-corrected chi connectivity index (χ0v) is 20.7. The first kappa shape index (κ1) is 23.4. The van der Waals surface area contributed by atoms with Crippen molar-refractivity contribution < 1.29 is 4.74 Å². The maximum Gasteiger partial charge on any atom is 0.259 e. The molecule has 0 radical (unpaired) electrons. The van der Waals surface area contributed by atoms with Gasteiger partial charge in [0.1, 0.15) is 11.5 Å². The Morgan fingerprint density at radius 2 is 1.74 bits per heavy atom. The second-order valence-electron chi connectivity index (χ2n) is 9.43. The quantitative estimate of drug-likeness (QED) is 0.387. The maximum absolute atomic E-state index is 13.4. The van der Waals surface area contributed by atoms with Gasteiger partial charge < -0.3 is 4.74 Å². The van der Waals surface area contributed by atoms with Crippen LogP contribution in [0.1, 0.15) is 50.3 Å². The molecule has 182 valence electrons. The summed E-state index contributed by atoms with van der Waals surface area (Å²) in [6, 6.07) is 17.8. The van der Waals surface area contributed by atoms with E-state index < -0.39 is 0 Å². The first-order chi connectivity index (χ1) is 17.1. The summed E-state index contributed by atoms with van der Waals surface area (Å²) in [4.78, 5) is 22.8. The number of hydrogen-bond donors (Lipinski definition) is 0. The number of allylic oxidation sites excluding steroid dienone is 1. The van der Waals surface area contributed by atoms with E-state index in [1.807, 2.05) is 73.0 Å². The van der Waals surface area contributed by atoms with E-state index in [1.165, 1.54) is 25.7 Å². The summed E-state index contributed by atoms with van der Waals surface area (Å²) in [6.07, 6.45) is 9.16. The Morgan fingerprint density at radius 3 is 2.46 bits per heavy atom. The number of para-hydroxylation sites is 1. The van der Waals surface area contributed by atoms with Crippen LogP contribution in [-0.4, -0.2) is 27.7 Å². The van der Waals surface area contributed by atoms with Gasteiger partial charge >= 0.3 is 0 Å². The molecule has 2 aromatic carbocycles. The van der Waals surface area contributed by atoms with Crippen molar-refractivity contribution in [1.82, 2.24) is 14.5 Å². The third kappa shape index (κ3) is 5.17. The zero-order valence-electron chi connectivity index (χ0n) is 20.7. The Hall–Kier alpha value is -3.38. The number of aromatic nitrogens is 2. The van der Waals surface area contributed by atoms with Crippen molar-refractivity contribution in [2.45, 2.75) is 59.0 Å². The van der Waals surface area contributed by atoms with Gasteiger partial charge in [-0.2, -0.15) is 0 Å². The van der Waals surface area contributed by atoms with E-state index in [0.29, 0.717) is 19.8 Å². The van der Waals surface area contributed by atoms with Gasteiger partial charge in [-0.05, 0) is 81.8 Å². The van der Waals surface area contributed by atoms with Crippen LogP contribution < -0.4 is 15.2 Å². The molecular weight excluding hydrogens is 436 g/mol. The molecule has 35 heavy (non-hydrogen) atoms.